The quantitative estimate of drug-likeness (QED) is 0.122. The number of hydrogen-bond donors (Lipinski definition) is 1. The van der Waals surface area contributed by atoms with E-state index in [1.165, 1.54) is 42.2 Å². The number of para-hydroxylation sites is 1. The summed E-state index contributed by atoms with van der Waals surface area (Å²) in [6, 6.07) is 41.0. The van der Waals surface area contributed by atoms with E-state index < -0.39 is 0 Å². The van der Waals surface area contributed by atoms with Gasteiger partial charge in [-0.15, -0.1) is 35.4 Å². The van der Waals surface area contributed by atoms with Gasteiger partial charge in [0.2, 0.25) is 0 Å². The van der Waals surface area contributed by atoms with Crippen LogP contribution in [-0.4, -0.2) is 15.9 Å². The first-order valence-electron chi connectivity index (χ1n) is 11.4. The Hall–Kier alpha value is -3.85. The number of benzene rings is 4. The van der Waals surface area contributed by atoms with Crippen LogP contribution >= 0.6 is 0 Å². The normalized spacial score (nSPS) is 10.7. The molecule has 1 N–H and O–H groups in total. The molecule has 1 aromatic heterocycles. The molecule has 3 nitrogen and oxygen atoms in total. The molecule has 181 valence electrons. The van der Waals surface area contributed by atoms with Crippen molar-refractivity contribution in [2.45, 2.75) is 13.8 Å². The first-order chi connectivity index (χ1) is 17.0. The standard InChI is InChI=1S/C27H18N.C5H8O2.Ir/c1-3-10-20(11-4-1)22-14-9-15-23(18-22)27-19-25(21-12-5-2-6-13-21)24-16-7-8-17-26(24)28-27;1-4(6)3-5(2)7;/h1-14,16-19H;3,6H,1-2H3;/q-1;;/b;4-3-;. The van der Waals surface area contributed by atoms with Crippen LogP contribution in [0.3, 0.4) is 0 Å². The van der Waals surface area contributed by atoms with Crippen molar-refractivity contribution in [2.24, 2.45) is 0 Å². The van der Waals surface area contributed by atoms with E-state index in [0.29, 0.717) is 0 Å². The topological polar surface area (TPSA) is 50.2 Å². The van der Waals surface area contributed by atoms with Crippen molar-refractivity contribution in [3.05, 3.63) is 127 Å². The molecule has 0 unspecified atom stereocenters. The average Bonchev–Trinajstić information content (AvgIpc) is 2.89. The third-order valence-electron chi connectivity index (χ3n) is 5.40. The largest absolute Gasteiger partial charge is 0.512 e. The summed E-state index contributed by atoms with van der Waals surface area (Å²) in [5.74, 6) is -0.0625. The Bertz CT molecular complexity index is 1470. The van der Waals surface area contributed by atoms with Crippen molar-refractivity contribution in [1.82, 2.24) is 4.98 Å². The number of ketones is 1. The zero-order valence-corrected chi connectivity index (χ0v) is 22.5. The second-order valence-electron chi connectivity index (χ2n) is 8.19. The molecular formula is C32H26IrNO2-. The fourth-order valence-electron chi connectivity index (χ4n) is 3.89. The summed E-state index contributed by atoms with van der Waals surface area (Å²) in [5, 5.41) is 9.53. The number of carbonyl (C=O) groups excluding carboxylic acids is 1. The van der Waals surface area contributed by atoms with E-state index in [-0.39, 0.29) is 31.6 Å². The van der Waals surface area contributed by atoms with Crippen molar-refractivity contribution in [2.75, 3.05) is 0 Å². The molecular weight excluding hydrogens is 623 g/mol. The minimum absolute atomic E-state index is 0. The molecule has 1 radical (unpaired) electrons. The maximum absolute atomic E-state index is 10.0. The van der Waals surface area contributed by atoms with E-state index in [2.05, 4.69) is 91.0 Å². The Kier molecular flexibility index (Phi) is 9.46. The summed E-state index contributed by atoms with van der Waals surface area (Å²) in [5.41, 5.74) is 7.70. The molecule has 0 spiro atoms. The molecule has 0 amide bonds. The third-order valence-corrected chi connectivity index (χ3v) is 5.40. The number of rotatable bonds is 4. The van der Waals surface area contributed by atoms with Crippen LogP contribution in [0, 0.1) is 6.07 Å². The molecule has 0 aliphatic rings. The SMILES string of the molecule is CC(=O)/C=C(/C)O.[Ir].[c-]1ccc(-c2ccccc2)cc1-c1cc(-c2ccccc2)c2ccccc2n1. The number of fused-ring (bicyclic) bond motifs is 1. The molecule has 36 heavy (non-hydrogen) atoms. The fourth-order valence-corrected chi connectivity index (χ4v) is 3.89. The summed E-state index contributed by atoms with van der Waals surface area (Å²) in [6.45, 7) is 2.85. The minimum atomic E-state index is -0.125. The Balaban J connectivity index is 0.000000400. The Morgan fingerprint density at radius 2 is 1.39 bits per heavy atom. The van der Waals surface area contributed by atoms with Gasteiger partial charge in [0.15, 0.2) is 5.78 Å². The summed E-state index contributed by atoms with van der Waals surface area (Å²) in [7, 11) is 0. The van der Waals surface area contributed by atoms with E-state index in [1.807, 2.05) is 24.3 Å². The molecule has 5 aromatic rings. The molecule has 0 fully saturated rings. The Morgan fingerprint density at radius 1 is 0.778 bits per heavy atom. The van der Waals surface area contributed by atoms with Crippen LogP contribution in [-0.2, 0) is 24.9 Å². The molecule has 0 saturated heterocycles. The molecule has 4 aromatic carbocycles. The van der Waals surface area contributed by atoms with Crippen molar-refractivity contribution >= 4 is 16.7 Å². The number of carbonyl (C=O) groups is 1. The van der Waals surface area contributed by atoms with Gasteiger partial charge in [-0.05, 0) is 42.3 Å². The molecule has 0 saturated carbocycles. The van der Waals surface area contributed by atoms with Crippen LogP contribution in [0.5, 0.6) is 0 Å². The number of nitrogens with zero attached hydrogens (tertiary/aromatic N) is 1. The second kappa shape index (κ2) is 12.7. The first kappa shape index (κ1) is 26.7. The third kappa shape index (κ3) is 6.85. The van der Waals surface area contributed by atoms with Crippen molar-refractivity contribution in [1.29, 1.82) is 0 Å². The van der Waals surface area contributed by atoms with Crippen molar-refractivity contribution in [3.63, 3.8) is 0 Å². The van der Waals surface area contributed by atoms with Crippen molar-refractivity contribution < 1.29 is 30.0 Å². The predicted molar refractivity (Wildman–Crippen MR) is 144 cm³/mol. The van der Waals surface area contributed by atoms with Crippen LogP contribution in [0.1, 0.15) is 13.8 Å². The summed E-state index contributed by atoms with van der Waals surface area (Å²) in [6.07, 6.45) is 1.17. The number of pyridine rings is 1. The number of hydrogen-bond acceptors (Lipinski definition) is 3. The Morgan fingerprint density at radius 3 is 2.00 bits per heavy atom. The van der Waals surface area contributed by atoms with Gasteiger partial charge in [0.1, 0.15) is 0 Å². The van der Waals surface area contributed by atoms with E-state index in [4.69, 9.17) is 10.1 Å². The predicted octanol–water partition coefficient (Wildman–Crippen LogP) is 8.07. The monoisotopic (exact) mass is 649 g/mol. The molecule has 1 heterocycles. The number of aromatic nitrogens is 1. The Labute approximate surface area is 225 Å². The molecule has 5 rings (SSSR count). The van der Waals surface area contributed by atoms with Gasteiger partial charge < -0.3 is 5.11 Å². The van der Waals surface area contributed by atoms with E-state index >= 15 is 0 Å². The van der Waals surface area contributed by atoms with Gasteiger partial charge in [0, 0.05) is 31.6 Å². The van der Waals surface area contributed by atoms with Gasteiger partial charge in [-0.2, -0.15) is 0 Å². The number of aliphatic hydroxyl groups excluding tert-OH is 1. The number of aliphatic hydroxyl groups is 1. The molecule has 4 heteroatoms. The maximum Gasteiger partial charge on any atom is 0.155 e. The van der Waals surface area contributed by atoms with Crippen LogP contribution in [0.2, 0.25) is 0 Å². The average molecular weight is 649 g/mol. The van der Waals surface area contributed by atoms with Gasteiger partial charge in [-0.1, -0.05) is 84.9 Å². The number of allylic oxidation sites excluding steroid dienone is 2. The van der Waals surface area contributed by atoms with E-state index in [1.54, 1.807) is 0 Å². The fraction of sp³-hybridized carbons (Fsp3) is 0.0625. The van der Waals surface area contributed by atoms with Crippen LogP contribution in [0.15, 0.2) is 121 Å². The molecule has 0 aliphatic carbocycles. The zero-order chi connectivity index (χ0) is 24.6. The maximum atomic E-state index is 10.0. The molecule has 0 aliphatic heterocycles. The van der Waals surface area contributed by atoms with Gasteiger partial charge in [-0.25, -0.2) is 0 Å². The molecule has 0 atom stereocenters. The van der Waals surface area contributed by atoms with Crippen LogP contribution in [0.25, 0.3) is 44.4 Å². The summed E-state index contributed by atoms with van der Waals surface area (Å²) < 4.78 is 0. The van der Waals surface area contributed by atoms with Crippen LogP contribution < -0.4 is 0 Å². The second-order valence-corrected chi connectivity index (χ2v) is 8.19. The van der Waals surface area contributed by atoms with Gasteiger partial charge in [0.25, 0.3) is 0 Å². The smallest absolute Gasteiger partial charge is 0.155 e. The summed E-state index contributed by atoms with van der Waals surface area (Å²) >= 11 is 0. The van der Waals surface area contributed by atoms with E-state index in [0.717, 1.165) is 22.2 Å². The molecule has 0 bridgehead atoms. The summed E-state index contributed by atoms with van der Waals surface area (Å²) in [4.78, 5) is 15.0. The van der Waals surface area contributed by atoms with Crippen LogP contribution in [0.4, 0.5) is 0 Å². The van der Waals surface area contributed by atoms with E-state index in [9.17, 15) is 4.79 Å². The van der Waals surface area contributed by atoms with Gasteiger partial charge in [-0.3, -0.25) is 9.78 Å². The van der Waals surface area contributed by atoms with Gasteiger partial charge >= 0.3 is 0 Å². The first-order valence-corrected chi connectivity index (χ1v) is 11.4. The van der Waals surface area contributed by atoms with Gasteiger partial charge in [0.05, 0.1) is 11.3 Å². The minimum Gasteiger partial charge on any atom is -0.512 e. The zero-order valence-electron chi connectivity index (χ0n) is 20.1. The van der Waals surface area contributed by atoms with Crippen molar-refractivity contribution in [3.8, 4) is 33.5 Å².